The summed E-state index contributed by atoms with van der Waals surface area (Å²) in [4.78, 5) is 22.8. The van der Waals surface area contributed by atoms with Gasteiger partial charge in [-0.2, -0.15) is 0 Å². The predicted octanol–water partition coefficient (Wildman–Crippen LogP) is 2.96. The SMILES string of the molecule is O=C(O)CCC1CCCCN1c1cc(F)cc([N+](=O)[O-])c1. The molecular formula is C14H17FN2O4. The standard InChI is InChI=1S/C14H17FN2O4/c15-10-7-12(9-13(8-10)17(20)21)16-6-2-1-3-11(16)4-5-14(18)19/h7-9,11H,1-6H2,(H,18,19). The maximum absolute atomic E-state index is 13.6. The van der Waals surface area contributed by atoms with Crippen LogP contribution in [-0.4, -0.2) is 28.6 Å². The van der Waals surface area contributed by atoms with Crippen LogP contribution in [0.1, 0.15) is 32.1 Å². The van der Waals surface area contributed by atoms with Crippen LogP contribution in [0.15, 0.2) is 18.2 Å². The lowest BCUT2D eigenvalue weighted by atomic mass is 9.97. The van der Waals surface area contributed by atoms with E-state index in [9.17, 15) is 19.3 Å². The molecule has 0 aliphatic carbocycles. The lowest BCUT2D eigenvalue weighted by molar-refractivity contribution is -0.385. The van der Waals surface area contributed by atoms with Crippen LogP contribution >= 0.6 is 0 Å². The smallest absolute Gasteiger partial charge is 0.303 e. The molecule has 1 aromatic rings. The Labute approximate surface area is 121 Å². The van der Waals surface area contributed by atoms with E-state index in [0.717, 1.165) is 25.3 Å². The molecule has 1 aliphatic heterocycles. The van der Waals surface area contributed by atoms with Crippen molar-refractivity contribution in [1.29, 1.82) is 0 Å². The van der Waals surface area contributed by atoms with Gasteiger partial charge in [-0.15, -0.1) is 0 Å². The maximum Gasteiger partial charge on any atom is 0.303 e. The van der Waals surface area contributed by atoms with Crippen LogP contribution in [0.2, 0.25) is 0 Å². The zero-order valence-corrected chi connectivity index (χ0v) is 11.5. The zero-order chi connectivity index (χ0) is 15.4. The fourth-order valence-electron chi connectivity index (χ4n) is 2.76. The quantitative estimate of drug-likeness (QED) is 0.667. The van der Waals surface area contributed by atoms with Crippen molar-refractivity contribution in [1.82, 2.24) is 0 Å². The second-order valence-corrected chi connectivity index (χ2v) is 5.20. The number of carboxylic acid groups (broad SMARTS) is 1. The number of non-ortho nitro benzene ring substituents is 1. The summed E-state index contributed by atoms with van der Waals surface area (Å²) in [5.41, 5.74) is 0.171. The van der Waals surface area contributed by atoms with Gasteiger partial charge in [0.1, 0.15) is 5.82 Å². The number of carbonyl (C=O) groups is 1. The van der Waals surface area contributed by atoms with Crippen LogP contribution in [0.3, 0.4) is 0 Å². The van der Waals surface area contributed by atoms with E-state index in [-0.39, 0.29) is 18.2 Å². The maximum atomic E-state index is 13.6. The molecule has 1 aliphatic rings. The van der Waals surface area contributed by atoms with Crippen LogP contribution in [0.5, 0.6) is 0 Å². The van der Waals surface area contributed by atoms with Gasteiger partial charge in [0.15, 0.2) is 0 Å². The lowest BCUT2D eigenvalue weighted by Gasteiger charge is -2.37. The Kier molecular flexibility index (Phi) is 4.72. The van der Waals surface area contributed by atoms with Gasteiger partial charge in [0.2, 0.25) is 0 Å². The average molecular weight is 296 g/mol. The van der Waals surface area contributed by atoms with Gasteiger partial charge >= 0.3 is 5.97 Å². The lowest BCUT2D eigenvalue weighted by Crippen LogP contribution is -2.40. The van der Waals surface area contributed by atoms with E-state index in [1.54, 1.807) is 0 Å². The third-order valence-electron chi connectivity index (χ3n) is 3.73. The number of piperidine rings is 1. The van der Waals surface area contributed by atoms with Crippen molar-refractivity contribution in [3.05, 3.63) is 34.1 Å². The summed E-state index contributed by atoms with van der Waals surface area (Å²) in [6, 6.07) is 3.49. The topological polar surface area (TPSA) is 83.7 Å². The highest BCUT2D eigenvalue weighted by molar-refractivity contribution is 5.67. The van der Waals surface area contributed by atoms with Crippen LogP contribution in [-0.2, 0) is 4.79 Å². The predicted molar refractivity (Wildman–Crippen MR) is 74.9 cm³/mol. The van der Waals surface area contributed by atoms with Gasteiger partial charge in [-0.1, -0.05) is 0 Å². The van der Waals surface area contributed by atoms with Crippen molar-refractivity contribution in [2.45, 2.75) is 38.1 Å². The summed E-state index contributed by atoms with van der Waals surface area (Å²) in [7, 11) is 0. The molecule has 0 bridgehead atoms. The summed E-state index contributed by atoms with van der Waals surface area (Å²) in [6.45, 7) is 0.658. The number of aliphatic carboxylic acids is 1. The van der Waals surface area contributed by atoms with Gasteiger partial charge in [0, 0.05) is 30.8 Å². The minimum atomic E-state index is -0.870. The molecule has 0 radical (unpaired) electrons. The first-order valence-corrected chi connectivity index (χ1v) is 6.91. The molecule has 114 valence electrons. The highest BCUT2D eigenvalue weighted by atomic mass is 19.1. The highest BCUT2D eigenvalue weighted by Gasteiger charge is 2.25. The molecule has 7 heteroatoms. The average Bonchev–Trinajstić information content (AvgIpc) is 2.44. The molecule has 1 fully saturated rings. The van der Waals surface area contributed by atoms with E-state index < -0.39 is 16.7 Å². The summed E-state index contributed by atoms with van der Waals surface area (Å²) < 4.78 is 13.6. The zero-order valence-electron chi connectivity index (χ0n) is 11.5. The molecular weight excluding hydrogens is 279 g/mol. The van der Waals surface area contributed by atoms with Crippen LogP contribution in [0.4, 0.5) is 15.8 Å². The van der Waals surface area contributed by atoms with Gasteiger partial charge in [-0.25, -0.2) is 4.39 Å². The molecule has 2 rings (SSSR count). The van der Waals surface area contributed by atoms with E-state index in [4.69, 9.17) is 5.11 Å². The molecule has 1 aromatic carbocycles. The third-order valence-corrected chi connectivity index (χ3v) is 3.73. The van der Waals surface area contributed by atoms with Gasteiger partial charge in [0.05, 0.1) is 11.0 Å². The first kappa shape index (κ1) is 15.2. The molecule has 1 atom stereocenters. The first-order chi connectivity index (χ1) is 9.97. The van der Waals surface area contributed by atoms with E-state index in [2.05, 4.69) is 0 Å². The second-order valence-electron chi connectivity index (χ2n) is 5.20. The number of nitro groups is 1. The summed E-state index contributed by atoms with van der Waals surface area (Å²) >= 11 is 0. The molecule has 1 unspecified atom stereocenters. The number of hydrogen-bond donors (Lipinski definition) is 1. The van der Waals surface area contributed by atoms with Crippen molar-refractivity contribution >= 4 is 17.3 Å². The van der Waals surface area contributed by atoms with Crippen molar-refractivity contribution in [3.63, 3.8) is 0 Å². The minimum Gasteiger partial charge on any atom is -0.481 e. The summed E-state index contributed by atoms with van der Waals surface area (Å²) in [5, 5.41) is 19.6. The molecule has 21 heavy (non-hydrogen) atoms. The molecule has 0 spiro atoms. The Morgan fingerprint density at radius 3 is 2.86 bits per heavy atom. The van der Waals surface area contributed by atoms with E-state index in [1.165, 1.54) is 12.1 Å². The molecule has 0 saturated carbocycles. The molecule has 1 saturated heterocycles. The Bertz CT molecular complexity index is 550. The number of nitrogens with zero attached hydrogens (tertiary/aromatic N) is 2. The molecule has 1 heterocycles. The fraction of sp³-hybridized carbons (Fsp3) is 0.500. The summed E-state index contributed by atoms with van der Waals surface area (Å²) in [5.74, 6) is -1.52. The van der Waals surface area contributed by atoms with Crippen molar-refractivity contribution in [2.24, 2.45) is 0 Å². The van der Waals surface area contributed by atoms with Crippen LogP contribution in [0.25, 0.3) is 0 Å². The number of halogens is 1. The number of rotatable bonds is 5. The molecule has 6 nitrogen and oxygen atoms in total. The van der Waals surface area contributed by atoms with Gasteiger partial charge in [-0.05, 0) is 31.7 Å². The van der Waals surface area contributed by atoms with E-state index in [1.807, 2.05) is 4.90 Å². The molecule has 0 amide bonds. The number of hydrogen-bond acceptors (Lipinski definition) is 4. The number of carboxylic acids is 1. The molecule has 1 N–H and O–H groups in total. The fourth-order valence-corrected chi connectivity index (χ4v) is 2.76. The van der Waals surface area contributed by atoms with Crippen molar-refractivity contribution in [2.75, 3.05) is 11.4 Å². The van der Waals surface area contributed by atoms with Gasteiger partial charge < -0.3 is 10.0 Å². The van der Waals surface area contributed by atoms with Crippen LogP contribution < -0.4 is 4.90 Å². The van der Waals surface area contributed by atoms with E-state index in [0.29, 0.717) is 18.7 Å². The van der Waals surface area contributed by atoms with Crippen molar-refractivity contribution in [3.8, 4) is 0 Å². The van der Waals surface area contributed by atoms with Crippen LogP contribution in [0, 0.1) is 15.9 Å². The Morgan fingerprint density at radius 2 is 2.19 bits per heavy atom. The normalized spacial score (nSPS) is 18.5. The van der Waals surface area contributed by atoms with Gasteiger partial charge in [-0.3, -0.25) is 14.9 Å². The van der Waals surface area contributed by atoms with Crippen molar-refractivity contribution < 1.29 is 19.2 Å². The highest BCUT2D eigenvalue weighted by Crippen LogP contribution is 2.30. The Balaban J connectivity index is 2.24. The monoisotopic (exact) mass is 296 g/mol. The Morgan fingerprint density at radius 1 is 1.43 bits per heavy atom. The number of nitro benzene ring substituents is 1. The third kappa shape index (κ3) is 3.90. The largest absolute Gasteiger partial charge is 0.481 e. The van der Waals surface area contributed by atoms with E-state index >= 15 is 0 Å². The summed E-state index contributed by atoms with van der Waals surface area (Å²) in [6.07, 6.45) is 3.21. The number of anilines is 1. The second kappa shape index (κ2) is 6.51. The molecule has 0 aromatic heterocycles. The van der Waals surface area contributed by atoms with Gasteiger partial charge in [0.25, 0.3) is 5.69 Å². The minimum absolute atomic E-state index is 0.0174. The first-order valence-electron chi connectivity index (χ1n) is 6.91. The number of benzene rings is 1. The Hall–Kier alpha value is -2.18.